The Labute approximate surface area is 107 Å². The molecule has 1 unspecified atom stereocenters. The van der Waals surface area contributed by atoms with Gasteiger partial charge in [-0.1, -0.05) is 0 Å². The third kappa shape index (κ3) is 2.92. The van der Waals surface area contributed by atoms with Crippen LogP contribution in [-0.4, -0.2) is 24.3 Å². The Balaban J connectivity index is 3.22. The molecule has 0 radical (unpaired) electrons. The molecular weight excluding hydrogens is 234 g/mol. The molecule has 0 aliphatic carbocycles. The van der Waals surface area contributed by atoms with E-state index in [0.29, 0.717) is 30.3 Å². The SMILES string of the molecule is CCOc1ccc(C(C)(N)C(=O)O)c(OCC)c1. The van der Waals surface area contributed by atoms with Crippen LogP contribution in [0.15, 0.2) is 18.2 Å². The minimum Gasteiger partial charge on any atom is -0.494 e. The second-order valence-corrected chi connectivity index (χ2v) is 4.03. The van der Waals surface area contributed by atoms with Gasteiger partial charge < -0.3 is 20.3 Å². The summed E-state index contributed by atoms with van der Waals surface area (Å²) >= 11 is 0. The van der Waals surface area contributed by atoms with Crippen LogP contribution >= 0.6 is 0 Å². The molecule has 0 spiro atoms. The van der Waals surface area contributed by atoms with Gasteiger partial charge in [0.1, 0.15) is 17.0 Å². The number of carboxylic acids is 1. The average Bonchev–Trinajstić information content (AvgIpc) is 2.29. The molecule has 0 aliphatic heterocycles. The zero-order valence-corrected chi connectivity index (χ0v) is 10.9. The quantitative estimate of drug-likeness (QED) is 0.807. The van der Waals surface area contributed by atoms with Gasteiger partial charge in [0, 0.05) is 11.6 Å². The largest absolute Gasteiger partial charge is 0.494 e. The van der Waals surface area contributed by atoms with E-state index in [-0.39, 0.29) is 0 Å². The van der Waals surface area contributed by atoms with E-state index >= 15 is 0 Å². The Morgan fingerprint density at radius 2 is 1.94 bits per heavy atom. The third-order valence-electron chi connectivity index (χ3n) is 2.57. The molecule has 1 aromatic rings. The first-order valence-corrected chi connectivity index (χ1v) is 5.85. The zero-order chi connectivity index (χ0) is 13.8. The zero-order valence-electron chi connectivity index (χ0n) is 10.9. The lowest BCUT2D eigenvalue weighted by Crippen LogP contribution is -2.42. The summed E-state index contributed by atoms with van der Waals surface area (Å²) in [4.78, 5) is 11.2. The van der Waals surface area contributed by atoms with E-state index in [2.05, 4.69) is 0 Å². The monoisotopic (exact) mass is 253 g/mol. The molecule has 1 rings (SSSR count). The predicted octanol–water partition coefficient (Wildman–Crippen LogP) is 1.74. The molecule has 100 valence electrons. The molecule has 0 amide bonds. The Kier molecular flexibility index (Phi) is 4.55. The van der Waals surface area contributed by atoms with E-state index < -0.39 is 11.5 Å². The second-order valence-electron chi connectivity index (χ2n) is 4.03. The minimum atomic E-state index is -1.49. The van der Waals surface area contributed by atoms with E-state index in [1.165, 1.54) is 6.92 Å². The fourth-order valence-electron chi connectivity index (χ4n) is 1.58. The maximum Gasteiger partial charge on any atom is 0.328 e. The van der Waals surface area contributed by atoms with Crippen LogP contribution in [0.1, 0.15) is 26.3 Å². The highest BCUT2D eigenvalue weighted by Gasteiger charge is 2.33. The van der Waals surface area contributed by atoms with Crippen molar-refractivity contribution in [1.82, 2.24) is 0 Å². The summed E-state index contributed by atoms with van der Waals surface area (Å²) in [6.45, 7) is 6.10. The molecule has 0 bridgehead atoms. The van der Waals surface area contributed by atoms with E-state index in [9.17, 15) is 4.79 Å². The normalized spacial score (nSPS) is 13.8. The molecule has 5 nitrogen and oxygen atoms in total. The Bertz CT molecular complexity index is 429. The number of hydrogen-bond acceptors (Lipinski definition) is 4. The molecule has 0 heterocycles. The summed E-state index contributed by atoms with van der Waals surface area (Å²) < 4.78 is 10.8. The molecule has 0 aromatic heterocycles. The van der Waals surface area contributed by atoms with Crippen molar-refractivity contribution in [2.75, 3.05) is 13.2 Å². The van der Waals surface area contributed by atoms with Gasteiger partial charge in [-0.25, -0.2) is 4.79 Å². The van der Waals surface area contributed by atoms with Gasteiger partial charge in [-0.05, 0) is 32.9 Å². The van der Waals surface area contributed by atoms with Crippen LogP contribution in [0.2, 0.25) is 0 Å². The van der Waals surface area contributed by atoms with Crippen molar-refractivity contribution in [2.45, 2.75) is 26.3 Å². The van der Waals surface area contributed by atoms with Gasteiger partial charge in [0.2, 0.25) is 0 Å². The molecule has 1 aromatic carbocycles. The van der Waals surface area contributed by atoms with E-state index in [1.54, 1.807) is 18.2 Å². The molecule has 0 saturated heterocycles. The van der Waals surface area contributed by atoms with Crippen LogP contribution in [0.25, 0.3) is 0 Å². The Morgan fingerprint density at radius 3 is 2.44 bits per heavy atom. The Morgan fingerprint density at radius 1 is 1.33 bits per heavy atom. The van der Waals surface area contributed by atoms with Crippen LogP contribution in [0.3, 0.4) is 0 Å². The number of ether oxygens (including phenoxy) is 2. The van der Waals surface area contributed by atoms with Crippen molar-refractivity contribution >= 4 is 5.97 Å². The number of carboxylic acid groups (broad SMARTS) is 1. The first-order valence-electron chi connectivity index (χ1n) is 5.85. The van der Waals surface area contributed by atoms with Crippen molar-refractivity contribution in [3.8, 4) is 11.5 Å². The number of carbonyl (C=O) groups is 1. The van der Waals surface area contributed by atoms with E-state index in [1.807, 2.05) is 13.8 Å². The summed E-state index contributed by atoms with van der Waals surface area (Å²) in [5.41, 5.74) is 4.76. The average molecular weight is 253 g/mol. The molecule has 5 heteroatoms. The van der Waals surface area contributed by atoms with Gasteiger partial charge >= 0.3 is 5.97 Å². The highest BCUT2D eigenvalue weighted by atomic mass is 16.5. The fraction of sp³-hybridized carbons (Fsp3) is 0.462. The minimum absolute atomic E-state index is 0.429. The number of nitrogens with two attached hydrogens (primary N) is 1. The highest BCUT2D eigenvalue weighted by Crippen LogP contribution is 2.32. The van der Waals surface area contributed by atoms with Gasteiger partial charge in [0.25, 0.3) is 0 Å². The van der Waals surface area contributed by atoms with E-state index in [4.69, 9.17) is 20.3 Å². The van der Waals surface area contributed by atoms with Crippen LogP contribution in [-0.2, 0) is 10.3 Å². The second kappa shape index (κ2) is 5.73. The van der Waals surface area contributed by atoms with Crippen LogP contribution in [0.4, 0.5) is 0 Å². The van der Waals surface area contributed by atoms with Crippen molar-refractivity contribution in [3.05, 3.63) is 23.8 Å². The van der Waals surface area contributed by atoms with E-state index in [0.717, 1.165) is 0 Å². The maximum atomic E-state index is 11.2. The van der Waals surface area contributed by atoms with Crippen LogP contribution < -0.4 is 15.2 Å². The lowest BCUT2D eigenvalue weighted by molar-refractivity contribution is -0.143. The molecule has 0 saturated carbocycles. The number of benzene rings is 1. The van der Waals surface area contributed by atoms with Crippen LogP contribution in [0, 0.1) is 0 Å². The van der Waals surface area contributed by atoms with Gasteiger partial charge in [0.15, 0.2) is 0 Å². The summed E-state index contributed by atoms with van der Waals surface area (Å²) in [5, 5.41) is 9.15. The van der Waals surface area contributed by atoms with Gasteiger partial charge in [-0.2, -0.15) is 0 Å². The summed E-state index contributed by atoms with van der Waals surface area (Å²) in [5.74, 6) is -0.0330. The Hall–Kier alpha value is -1.75. The molecule has 0 aliphatic rings. The van der Waals surface area contributed by atoms with Crippen LogP contribution in [0.5, 0.6) is 11.5 Å². The number of rotatable bonds is 6. The van der Waals surface area contributed by atoms with Gasteiger partial charge in [0.05, 0.1) is 13.2 Å². The number of aliphatic carboxylic acids is 1. The van der Waals surface area contributed by atoms with Gasteiger partial charge in [-0.15, -0.1) is 0 Å². The van der Waals surface area contributed by atoms with Crippen molar-refractivity contribution in [3.63, 3.8) is 0 Å². The number of hydrogen-bond donors (Lipinski definition) is 2. The van der Waals surface area contributed by atoms with Crippen molar-refractivity contribution in [1.29, 1.82) is 0 Å². The first-order chi connectivity index (χ1) is 8.43. The third-order valence-corrected chi connectivity index (χ3v) is 2.57. The maximum absolute atomic E-state index is 11.2. The van der Waals surface area contributed by atoms with Gasteiger partial charge in [-0.3, -0.25) is 0 Å². The lowest BCUT2D eigenvalue weighted by Gasteiger charge is -2.23. The molecule has 0 fully saturated rings. The van der Waals surface area contributed by atoms with Crippen molar-refractivity contribution in [2.24, 2.45) is 5.73 Å². The molecule has 3 N–H and O–H groups in total. The topological polar surface area (TPSA) is 81.8 Å². The standard InChI is InChI=1S/C13H19NO4/c1-4-17-9-6-7-10(11(8-9)18-5-2)13(3,14)12(15)16/h6-8H,4-5,14H2,1-3H3,(H,15,16). The smallest absolute Gasteiger partial charge is 0.328 e. The summed E-state index contributed by atoms with van der Waals surface area (Å²) in [7, 11) is 0. The molecule has 18 heavy (non-hydrogen) atoms. The summed E-state index contributed by atoms with van der Waals surface area (Å²) in [6, 6.07) is 4.98. The first kappa shape index (κ1) is 14.3. The molecule has 1 atom stereocenters. The molecular formula is C13H19NO4. The lowest BCUT2D eigenvalue weighted by atomic mass is 9.92. The highest BCUT2D eigenvalue weighted by molar-refractivity contribution is 5.81. The predicted molar refractivity (Wildman–Crippen MR) is 68.0 cm³/mol. The van der Waals surface area contributed by atoms with Crippen molar-refractivity contribution < 1.29 is 19.4 Å². The summed E-state index contributed by atoms with van der Waals surface area (Å²) in [6.07, 6.45) is 0. The fourth-order valence-corrected chi connectivity index (χ4v) is 1.58.